The molecule has 4 rings (SSSR count). The number of rotatable bonds is 6. The van der Waals surface area contributed by atoms with Crippen LogP contribution in [0.15, 0.2) is 41.5 Å². The number of fused-ring (bicyclic) bond motifs is 1. The van der Waals surface area contributed by atoms with Crippen LogP contribution in [0.4, 0.5) is 4.79 Å². The Morgan fingerprint density at radius 2 is 1.91 bits per heavy atom. The zero-order valence-corrected chi connectivity index (χ0v) is 19.6. The molecule has 174 valence electrons. The molecule has 0 bridgehead atoms. The summed E-state index contributed by atoms with van der Waals surface area (Å²) in [5, 5.41) is 9.03. The first-order chi connectivity index (χ1) is 15.9. The number of likely N-dealkylation sites (N-methyl/N-ethyl adjacent to an activating group) is 1. The summed E-state index contributed by atoms with van der Waals surface area (Å²) >= 11 is 0. The van der Waals surface area contributed by atoms with Crippen molar-refractivity contribution in [1.82, 2.24) is 15.2 Å². The zero-order chi connectivity index (χ0) is 23.5. The van der Waals surface area contributed by atoms with Gasteiger partial charge in [-0.3, -0.25) is 4.79 Å². The molecule has 0 aromatic heterocycles. The smallest absolute Gasteiger partial charge is 0.317 e. The zero-order valence-electron chi connectivity index (χ0n) is 19.6. The van der Waals surface area contributed by atoms with E-state index in [0.29, 0.717) is 24.5 Å². The summed E-state index contributed by atoms with van der Waals surface area (Å²) in [6.07, 6.45) is 1.40. The average molecular weight is 451 g/mol. The van der Waals surface area contributed by atoms with Crippen LogP contribution >= 0.6 is 0 Å². The van der Waals surface area contributed by atoms with Crippen molar-refractivity contribution >= 4 is 17.6 Å². The van der Waals surface area contributed by atoms with Crippen molar-refractivity contribution in [3.63, 3.8) is 0 Å². The first kappa shape index (κ1) is 22.6. The molecule has 8 heteroatoms. The van der Waals surface area contributed by atoms with Crippen LogP contribution in [0, 0.1) is 13.8 Å². The van der Waals surface area contributed by atoms with Gasteiger partial charge in [0.05, 0.1) is 11.8 Å². The Morgan fingerprint density at radius 3 is 2.67 bits per heavy atom. The van der Waals surface area contributed by atoms with Gasteiger partial charge >= 0.3 is 6.03 Å². The van der Waals surface area contributed by atoms with E-state index < -0.39 is 0 Å². The highest BCUT2D eigenvalue weighted by Crippen LogP contribution is 2.39. The Morgan fingerprint density at radius 1 is 1.12 bits per heavy atom. The molecule has 0 unspecified atom stereocenters. The molecule has 0 spiro atoms. The number of carbonyl (C=O) groups excluding carboxylic acids is 2. The average Bonchev–Trinajstić information content (AvgIpc) is 3.46. The van der Waals surface area contributed by atoms with Crippen molar-refractivity contribution in [2.45, 2.75) is 39.7 Å². The van der Waals surface area contributed by atoms with Crippen LogP contribution in [0.2, 0.25) is 0 Å². The van der Waals surface area contributed by atoms with Gasteiger partial charge in [0.25, 0.3) is 5.91 Å². The van der Waals surface area contributed by atoms with Crippen molar-refractivity contribution in [2.24, 2.45) is 5.10 Å². The molecule has 1 atom stereocenters. The molecule has 0 saturated carbocycles. The standard InChI is InChI=1S/C25H30N4O4/c1-5-10-26-25(31)28(4)14-24(30)29-21(19-8-9-22-23(12-19)33-15-32-22)13-20(27-29)18-7-6-16(2)17(3)11-18/h6-9,11-12,21H,5,10,13-15H2,1-4H3,(H,26,31)/t21-/m1/s1. The van der Waals surface area contributed by atoms with E-state index >= 15 is 0 Å². The van der Waals surface area contributed by atoms with Crippen LogP contribution in [0.25, 0.3) is 0 Å². The predicted octanol–water partition coefficient (Wildman–Crippen LogP) is 3.76. The van der Waals surface area contributed by atoms with Crippen LogP contribution in [-0.2, 0) is 4.79 Å². The second-order valence-electron chi connectivity index (χ2n) is 8.50. The first-order valence-electron chi connectivity index (χ1n) is 11.2. The fourth-order valence-electron chi connectivity index (χ4n) is 3.93. The number of ether oxygens (including phenoxy) is 2. The van der Waals surface area contributed by atoms with Gasteiger partial charge in [-0.25, -0.2) is 9.80 Å². The maximum atomic E-state index is 13.3. The number of nitrogens with one attached hydrogen (secondary N) is 1. The van der Waals surface area contributed by atoms with Gasteiger partial charge in [0.15, 0.2) is 11.5 Å². The van der Waals surface area contributed by atoms with E-state index in [2.05, 4.69) is 31.3 Å². The third kappa shape index (κ3) is 4.79. The number of benzene rings is 2. The number of urea groups is 1. The first-order valence-corrected chi connectivity index (χ1v) is 11.2. The van der Waals surface area contributed by atoms with E-state index in [0.717, 1.165) is 23.3 Å². The summed E-state index contributed by atoms with van der Waals surface area (Å²) in [6.45, 7) is 6.80. The molecule has 0 saturated heterocycles. The summed E-state index contributed by atoms with van der Waals surface area (Å²) in [6, 6.07) is 11.3. The van der Waals surface area contributed by atoms with E-state index in [1.54, 1.807) is 7.05 Å². The third-order valence-corrected chi connectivity index (χ3v) is 6.03. The second kappa shape index (κ2) is 9.52. The minimum Gasteiger partial charge on any atom is -0.454 e. The normalized spacial score (nSPS) is 16.5. The third-order valence-electron chi connectivity index (χ3n) is 6.03. The molecule has 3 amide bonds. The number of aryl methyl sites for hydroxylation is 2. The lowest BCUT2D eigenvalue weighted by atomic mass is 9.96. The molecular weight excluding hydrogens is 420 g/mol. The van der Waals surface area contributed by atoms with Crippen LogP contribution in [0.5, 0.6) is 11.5 Å². The summed E-state index contributed by atoms with van der Waals surface area (Å²) in [7, 11) is 1.61. The van der Waals surface area contributed by atoms with Crippen LogP contribution in [0.1, 0.15) is 48.1 Å². The molecule has 0 radical (unpaired) electrons. The summed E-state index contributed by atoms with van der Waals surface area (Å²) in [5.41, 5.74) is 5.12. The monoisotopic (exact) mass is 450 g/mol. The van der Waals surface area contributed by atoms with Crippen LogP contribution in [0.3, 0.4) is 0 Å². The van der Waals surface area contributed by atoms with Gasteiger partial charge in [-0.1, -0.05) is 25.1 Å². The van der Waals surface area contributed by atoms with Crippen molar-refractivity contribution < 1.29 is 19.1 Å². The van der Waals surface area contributed by atoms with Crippen molar-refractivity contribution in [3.05, 3.63) is 58.7 Å². The molecule has 0 aliphatic carbocycles. The van der Waals surface area contributed by atoms with Crippen LogP contribution < -0.4 is 14.8 Å². The van der Waals surface area contributed by atoms with Crippen molar-refractivity contribution in [3.8, 4) is 11.5 Å². The summed E-state index contributed by atoms with van der Waals surface area (Å²) in [4.78, 5) is 26.9. The molecule has 2 aromatic carbocycles. The van der Waals surface area contributed by atoms with Gasteiger partial charge in [0.1, 0.15) is 6.54 Å². The topological polar surface area (TPSA) is 83.5 Å². The van der Waals surface area contributed by atoms with E-state index in [-0.39, 0.29) is 31.3 Å². The highest BCUT2D eigenvalue weighted by Gasteiger charge is 2.34. The minimum absolute atomic E-state index is 0.0691. The highest BCUT2D eigenvalue weighted by molar-refractivity contribution is 6.03. The Labute approximate surface area is 194 Å². The van der Waals surface area contributed by atoms with Gasteiger partial charge in [0, 0.05) is 20.0 Å². The molecule has 2 aliphatic rings. The molecule has 2 aliphatic heterocycles. The maximum Gasteiger partial charge on any atom is 0.317 e. The van der Waals surface area contributed by atoms with Gasteiger partial charge in [-0.15, -0.1) is 0 Å². The number of amides is 3. The second-order valence-corrected chi connectivity index (χ2v) is 8.50. The summed E-state index contributed by atoms with van der Waals surface area (Å²) < 4.78 is 11.0. The lowest BCUT2D eigenvalue weighted by molar-refractivity contribution is -0.133. The van der Waals surface area contributed by atoms with E-state index in [1.807, 2.05) is 31.2 Å². The number of hydrogen-bond acceptors (Lipinski definition) is 5. The van der Waals surface area contributed by atoms with E-state index in [4.69, 9.17) is 14.6 Å². The number of hydrazone groups is 1. The Balaban J connectivity index is 1.61. The SMILES string of the molecule is CCCNC(=O)N(C)CC(=O)N1N=C(c2ccc(C)c(C)c2)C[C@@H]1c1ccc2c(c1)OCO2. The number of nitrogens with zero attached hydrogens (tertiary/aromatic N) is 3. The molecule has 2 heterocycles. The molecule has 1 N–H and O–H groups in total. The minimum atomic E-state index is -0.296. The number of hydrogen-bond donors (Lipinski definition) is 1. The molecule has 33 heavy (non-hydrogen) atoms. The number of carbonyl (C=O) groups is 2. The van der Waals surface area contributed by atoms with Gasteiger partial charge in [0.2, 0.25) is 6.79 Å². The highest BCUT2D eigenvalue weighted by atomic mass is 16.7. The Bertz CT molecular complexity index is 1100. The van der Waals surface area contributed by atoms with Crippen LogP contribution in [-0.4, -0.2) is 54.5 Å². The predicted molar refractivity (Wildman–Crippen MR) is 126 cm³/mol. The molecule has 0 fully saturated rings. The summed E-state index contributed by atoms with van der Waals surface area (Å²) in [5.74, 6) is 1.11. The van der Waals surface area contributed by atoms with Crippen molar-refractivity contribution in [1.29, 1.82) is 0 Å². The fraction of sp³-hybridized carbons (Fsp3) is 0.400. The lowest BCUT2D eigenvalue weighted by Gasteiger charge is -2.25. The quantitative estimate of drug-likeness (QED) is 0.726. The Kier molecular flexibility index (Phi) is 6.53. The maximum absolute atomic E-state index is 13.3. The lowest BCUT2D eigenvalue weighted by Crippen LogP contribution is -2.43. The Hall–Kier alpha value is -3.55. The molecular formula is C25H30N4O4. The van der Waals surface area contributed by atoms with E-state index in [9.17, 15) is 9.59 Å². The van der Waals surface area contributed by atoms with Gasteiger partial charge in [-0.2, -0.15) is 5.10 Å². The largest absolute Gasteiger partial charge is 0.454 e. The van der Waals surface area contributed by atoms with Crippen molar-refractivity contribution in [2.75, 3.05) is 26.9 Å². The molecule has 8 nitrogen and oxygen atoms in total. The van der Waals surface area contributed by atoms with Gasteiger partial charge in [-0.05, 0) is 60.7 Å². The van der Waals surface area contributed by atoms with E-state index in [1.165, 1.54) is 21.0 Å². The fourth-order valence-corrected chi connectivity index (χ4v) is 3.93. The molecule has 2 aromatic rings. The van der Waals surface area contributed by atoms with Gasteiger partial charge < -0.3 is 19.7 Å².